The molecule has 5 heteroatoms. The van der Waals surface area contributed by atoms with Crippen LogP contribution in [0.4, 0.5) is 11.4 Å². The first-order valence-electron chi connectivity index (χ1n) is 3.10. The molecule has 0 bridgehead atoms. The summed E-state index contributed by atoms with van der Waals surface area (Å²) in [5.74, 6) is 0. The Labute approximate surface area is 79.5 Å². The minimum Gasteiger partial charge on any atom is -0.399 e. The first-order chi connectivity index (χ1) is 5.65. The van der Waals surface area contributed by atoms with Gasteiger partial charge < -0.3 is 11.1 Å². The molecule has 0 atom stereocenters. The van der Waals surface area contributed by atoms with E-state index in [4.69, 9.17) is 28.9 Å². The molecule has 0 aliphatic heterocycles. The van der Waals surface area contributed by atoms with Gasteiger partial charge in [0.05, 0.1) is 15.7 Å². The highest BCUT2D eigenvalue weighted by molar-refractivity contribution is 6.39. The highest BCUT2D eigenvalue weighted by Crippen LogP contribution is 2.32. The van der Waals surface area contributed by atoms with Crippen LogP contribution in [-0.2, 0) is 4.79 Å². The second-order valence-corrected chi connectivity index (χ2v) is 2.94. The molecule has 1 aromatic carbocycles. The van der Waals surface area contributed by atoms with Crippen LogP contribution in [-0.4, -0.2) is 6.41 Å². The van der Waals surface area contributed by atoms with E-state index in [1.165, 1.54) is 12.1 Å². The highest BCUT2D eigenvalue weighted by atomic mass is 35.5. The van der Waals surface area contributed by atoms with Crippen molar-refractivity contribution in [3.05, 3.63) is 22.2 Å². The SMILES string of the molecule is Nc1cc(Cl)c(NC=O)c(Cl)c1. The number of nitrogens with one attached hydrogen (secondary N) is 1. The number of nitrogens with two attached hydrogens (primary N) is 1. The average Bonchev–Trinajstić information content (AvgIpc) is 1.96. The van der Waals surface area contributed by atoms with Gasteiger partial charge in [0.25, 0.3) is 0 Å². The zero-order chi connectivity index (χ0) is 9.14. The van der Waals surface area contributed by atoms with Crippen LogP contribution in [0.1, 0.15) is 0 Å². The summed E-state index contributed by atoms with van der Waals surface area (Å²) in [6, 6.07) is 3.03. The van der Waals surface area contributed by atoms with Gasteiger partial charge in [-0.05, 0) is 12.1 Å². The smallest absolute Gasteiger partial charge is 0.211 e. The van der Waals surface area contributed by atoms with Gasteiger partial charge in [-0.3, -0.25) is 4.79 Å². The Morgan fingerprint density at radius 2 is 1.83 bits per heavy atom. The van der Waals surface area contributed by atoms with Crippen molar-refractivity contribution in [3.8, 4) is 0 Å². The Balaban J connectivity index is 3.18. The van der Waals surface area contributed by atoms with Gasteiger partial charge in [0.2, 0.25) is 6.41 Å². The monoisotopic (exact) mass is 204 g/mol. The molecule has 1 aromatic rings. The molecule has 0 aliphatic carbocycles. The van der Waals surface area contributed by atoms with E-state index in [0.29, 0.717) is 27.8 Å². The van der Waals surface area contributed by atoms with E-state index < -0.39 is 0 Å². The summed E-state index contributed by atoms with van der Waals surface area (Å²) in [5, 5.41) is 3.02. The third kappa shape index (κ3) is 1.81. The highest BCUT2D eigenvalue weighted by Gasteiger charge is 2.05. The van der Waals surface area contributed by atoms with E-state index in [1.807, 2.05) is 0 Å². The number of hydrogen-bond acceptors (Lipinski definition) is 2. The van der Waals surface area contributed by atoms with Gasteiger partial charge in [-0.15, -0.1) is 0 Å². The topological polar surface area (TPSA) is 55.1 Å². The maximum absolute atomic E-state index is 10.1. The first kappa shape index (κ1) is 9.16. The molecular formula is C7H6Cl2N2O. The van der Waals surface area contributed by atoms with E-state index in [2.05, 4.69) is 5.32 Å². The maximum Gasteiger partial charge on any atom is 0.211 e. The van der Waals surface area contributed by atoms with Crippen LogP contribution >= 0.6 is 23.2 Å². The van der Waals surface area contributed by atoms with Crippen molar-refractivity contribution < 1.29 is 4.79 Å². The molecular weight excluding hydrogens is 199 g/mol. The fourth-order valence-electron chi connectivity index (χ4n) is 0.790. The van der Waals surface area contributed by atoms with Crippen LogP contribution in [0.3, 0.4) is 0 Å². The average molecular weight is 205 g/mol. The molecule has 1 rings (SSSR count). The minimum atomic E-state index is 0.326. The zero-order valence-corrected chi connectivity index (χ0v) is 7.49. The number of benzene rings is 1. The lowest BCUT2D eigenvalue weighted by Crippen LogP contribution is -1.96. The van der Waals surface area contributed by atoms with Gasteiger partial charge >= 0.3 is 0 Å². The van der Waals surface area contributed by atoms with E-state index in [0.717, 1.165) is 0 Å². The number of rotatable bonds is 2. The van der Waals surface area contributed by atoms with Crippen molar-refractivity contribution in [3.63, 3.8) is 0 Å². The molecule has 12 heavy (non-hydrogen) atoms. The largest absolute Gasteiger partial charge is 0.399 e. The normalized spacial score (nSPS) is 9.50. The Bertz CT molecular complexity index is 291. The fourth-order valence-corrected chi connectivity index (χ4v) is 1.40. The number of nitrogen functional groups attached to an aromatic ring is 1. The van der Waals surface area contributed by atoms with Gasteiger partial charge in [0, 0.05) is 5.69 Å². The molecule has 3 N–H and O–H groups in total. The number of hydrogen-bond donors (Lipinski definition) is 2. The molecule has 0 saturated carbocycles. The lowest BCUT2D eigenvalue weighted by molar-refractivity contribution is -0.105. The van der Waals surface area contributed by atoms with Crippen LogP contribution in [0, 0.1) is 0 Å². The van der Waals surface area contributed by atoms with Gasteiger partial charge in [0.15, 0.2) is 0 Å². The number of anilines is 2. The van der Waals surface area contributed by atoms with E-state index >= 15 is 0 Å². The van der Waals surface area contributed by atoms with E-state index in [-0.39, 0.29) is 0 Å². The predicted molar refractivity (Wildman–Crippen MR) is 50.6 cm³/mol. The number of carbonyl (C=O) groups is 1. The van der Waals surface area contributed by atoms with Crippen molar-refractivity contribution in [2.75, 3.05) is 11.1 Å². The molecule has 0 unspecified atom stereocenters. The van der Waals surface area contributed by atoms with Crippen LogP contribution in [0.25, 0.3) is 0 Å². The summed E-state index contributed by atoms with van der Waals surface area (Å²) in [7, 11) is 0. The summed E-state index contributed by atoms with van der Waals surface area (Å²) in [6.07, 6.45) is 0.503. The summed E-state index contributed by atoms with van der Waals surface area (Å²) in [4.78, 5) is 10.1. The summed E-state index contributed by atoms with van der Waals surface area (Å²) in [5.41, 5.74) is 6.28. The summed E-state index contributed by atoms with van der Waals surface area (Å²) < 4.78 is 0. The predicted octanol–water partition coefficient (Wildman–Crippen LogP) is 2.14. The van der Waals surface area contributed by atoms with Crippen molar-refractivity contribution in [1.29, 1.82) is 0 Å². The lowest BCUT2D eigenvalue weighted by atomic mass is 10.3. The molecule has 64 valence electrons. The van der Waals surface area contributed by atoms with Gasteiger partial charge in [-0.1, -0.05) is 23.2 Å². The number of halogens is 2. The zero-order valence-electron chi connectivity index (χ0n) is 5.97. The van der Waals surface area contributed by atoms with Crippen LogP contribution < -0.4 is 11.1 Å². The maximum atomic E-state index is 10.1. The molecule has 0 saturated heterocycles. The third-order valence-electron chi connectivity index (χ3n) is 1.27. The molecule has 0 spiro atoms. The summed E-state index contributed by atoms with van der Waals surface area (Å²) in [6.45, 7) is 0. The second kappa shape index (κ2) is 3.65. The standard InChI is InChI=1S/C7H6Cl2N2O/c8-5-1-4(10)2-6(9)7(5)11-3-12/h1-3H,10H2,(H,11,12). The van der Waals surface area contributed by atoms with Crippen LogP contribution in [0.15, 0.2) is 12.1 Å². The minimum absolute atomic E-state index is 0.326. The van der Waals surface area contributed by atoms with Gasteiger partial charge in [-0.25, -0.2) is 0 Å². The molecule has 0 aliphatic rings. The molecule has 0 aromatic heterocycles. The number of carbonyl (C=O) groups excluding carboxylic acids is 1. The second-order valence-electron chi connectivity index (χ2n) is 2.12. The van der Waals surface area contributed by atoms with Crippen molar-refractivity contribution >= 4 is 41.0 Å². The third-order valence-corrected chi connectivity index (χ3v) is 1.86. The lowest BCUT2D eigenvalue weighted by Gasteiger charge is -2.05. The number of amides is 1. The van der Waals surface area contributed by atoms with Crippen molar-refractivity contribution in [2.24, 2.45) is 0 Å². The van der Waals surface area contributed by atoms with Crippen molar-refractivity contribution in [2.45, 2.75) is 0 Å². The Morgan fingerprint density at radius 1 is 1.33 bits per heavy atom. The molecule has 0 heterocycles. The Kier molecular flexibility index (Phi) is 2.78. The quantitative estimate of drug-likeness (QED) is 0.574. The Hall–Kier alpha value is -0.930. The molecule has 3 nitrogen and oxygen atoms in total. The molecule has 0 radical (unpaired) electrons. The van der Waals surface area contributed by atoms with E-state index in [9.17, 15) is 4.79 Å². The van der Waals surface area contributed by atoms with Crippen LogP contribution in [0.5, 0.6) is 0 Å². The fraction of sp³-hybridized carbons (Fsp3) is 0. The molecule has 1 amide bonds. The molecule has 0 fully saturated rings. The summed E-state index contributed by atoms with van der Waals surface area (Å²) >= 11 is 11.5. The Morgan fingerprint density at radius 3 is 2.25 bits per heavy atom. The van der Waals surface area contributed by atoms with Gasteiger partial charge in [0.1, 0.15) is 0 Å². The first-order valence-corrected chi connectivity index (χ1v) is 3.85. The van der Waals surface area contributed by atoms with Gasteiger partial charge in [-0.2, -0.15) is 0 Å². The van der Waals surface area contributed by atoms with E-state index in [1.54, 1.807) is 0 Å². The van der Waals surface area contributed by atoms with Crippen molar-refractivity contribution in [1.82, 2.24) is 0 Å². The van der Waals surface area contributed by atoms with Crippen LogP contribution in [0.2, 0.25) is 10.0 Å².